The molecule has 20 heavy (non-hydrogen) atoms. The lowest BCUT2D eigenvalue weighted by molar-refractivity contribution is -0.146. The van der Waals surface area contributed by atoms with Crippen LogP contribution >= 0.6 is 15.9 Å². The zero-order chi connectivity index (χ0) is 14.7. The number of nitrogens with one attached hydrogen (secondary N) is 1. The highest BCUT2D eigenvalue weighted by Crippen LogP contribution is 2.28. The first-order valence-electron chi connectivity index (χ1n) is 6.44. The number of aliphatic carboxylic acids is 1. The van der Waals surface area contributed by atoms with Gasteiger partial charge in [-0.3, -0.25) is 9.59 Å². The average Bonchev–Trinajstić information content (AvgIpc) is 2.41. The van der Waals surface area contributed by atoms with Crippen molar-refractivity contribution >= 4 is 33.5 Å². The van der Waals surface area contributed by atoms with Crippen molar-refractivity contribution in [1.29, 1.82) is 0 Å². The molecule has 1 aliphatic carbocycles. The van der Waals surface area contributed by atoms with E-state index in [9.17, 15) is 14.7 Å². The van der Waals surface area contributed by atoms with Gasteiger partial charge < -0.3 is 10.4 Å². The van der Waals surface area contributed by atoms with Gasteiger partial charge in [0.05, 0.1) is 11.8 Å². The summed E-state index contributed by atoms with van der Waals surface area (Å²) >= 11 is 3.37. The molecule has 2 atom stereocenters. The van der Waals surface area contributed by atoms with Crippen LogP contribution in [-0.4, -0.2) is 17.0 Å². The summed E-state index contributed by atoms with van der Waals surface area (Å²) in [5, 5.41) is 12.0. The Kier molecular flexibility index (Phi) is 4.60. The fourth-order valence-corrected chi connectivity index (χ4v) is 2.85. The SMILES string of the molecule is Cc1cc(Br)ccc1NC(=O)[C@@H]1CC=CC[C@@H]1C(=O)O. The lowest BCUT2D eigenvalue weighted by atomic mass is 9.82. The maximum Gasteiger partial charge on any atom is 0.307 e. The van der Waals surface area contributed by atoms with E-state index in [1.54, 1.807) is 0 Å². The maximum absolute atomic E-state index is 12.3. The van der Waals surface area contributed by atoms with E-state index < -0.39 is 17.8 Å². The average molecular weight is 338 g/mol. The summed E-state index contributed by atoms with van der Waals surface area (Å²) in [7, 11) is 0. The second-order valence-corrected chi connectivity index (χ2v) is 5.86. The quantitative estimate of drug-likeness (QED) is 0.831. The first-order chi connectivity index (χ1) is 9.49. The summed E-state index contributed by atoms with van der Waals surface area (Å²) in [4.78, 5) is 23.5. The molecule has 1 aliphatic rings. The van der Waals surface area contributed by atoms with Gasteiger partial charge in [-0.05, 0) is 43.5 Å². The number of carboxylic acid groups (broad SMARTS) is 1. The van der Waals surface area contributed by atoms with E-state index in [1.807, 2.05) is 37.3 Å². The standard InChI is InChI=1S/C15H16BrNO3/c1-9-8-10(16)6-7-13(9)17-14(18)11-4-2-3-5-12(11)15(19)20/h2-3,6-8,11-12H,4-5H2,1H3,(H,17,18)(H,19,20)/t11-,12+/m1/s1. The van der Waals surface area contributed by atoms with Crippen molar-refractivity contribution < 1.29 is 14.7 Å². The van der Waals surface area contributed by atoms with Gasteiger partial charge in [0.1, 0.15) is 0 Å². The number of aryl methyl sites for hydroxylation is 1. The lowest BCUT2D eigenvalue weighted by Gasteiger charge is -2.24. The van der Waals surface area contributed by atoms with Gasteiger partial charge in [-0.15, -0.1) is 0 Å². The minimum atomic E-state index is -0.915. The van der Waals surface area contributed by atoms with Crippen LogP contribution in [0.4, 0.5) is 5.69 Å². The molecule has 2 rings (SSSR count). The molecule has 4 nitrogen and oxygen atoms in total. The smallest absolute Gasteiger partial charge is 0.307 e. The Labute approximate surface area is 126 Å². The molecule has 0 aliphatic heterocycles. The van der Waals surface area contributed by atoms with Crippen LogP contribution in [0, 0.1) is 18.8 Å². The predicted molar refractivity (Wildman–Crippen MR) is 80.5 cm³/mol. The molecule has 0 radical (unpaired) electrons. The van der Waals surface area contributed by atoms with Gasteiger partial charge in [-0.1, -0.05) is 28.1 Å². The highest BCUT2D eigenvalue weighted by molar-refractivity contribution is 9.10. The van der Waals surface area contributed by atoms with Crippen molar-refractivity contribution in [3.63, 3.8) is 0 Å². The second kappa shape index (κ2) is 6.22. The number of allylic oxidation sites excluding steroid dienone is 2. The van der Waals surface area contributed by atoms with Crippen molar-refractivity contribution in [3.8, 4) is 0 Å². The third-order valence-corrected chi connectivity index (χ3v) is 4.03. The number of carboxylic acids is 1. The van der Waals surface area contributed by atoms with Gasteiger partial charge >= 0.3 is 5.97 Å². The Morgan fingerprint density at radius 3 is 2.50 bits per heavy atom. The van der Waals surface area contributed by atoms with E-state index in [0.29, 0.717) is 12.8 Å². The Balaban J connectivity index is 2.14. The van der Waals surface area contributed by atoms with E-state index in [2.05, 4.69) is 21.2 Å². The van der Waals surface area contributed by atoms with Crippen LogP contribution in [0.1, 0.15) is 18.4 Å². The molecule has 0 saturated heterocycles. The maximum atomic E-state index is 12.3. The van der Waals surface area contributed by atoms with Gasteiger partial charge in [0.25, 0.3) is 0 Å². The van der Waals surface area contributed by atoms with Crippen LogP contribution in [0.2, 0.25) is 0 Å². The third kappa shape index (κ3) is 3.28. The minimum absolute atomic E-state index is 0.229. The molecule has 0 unspecified atom stereocenters. The van der Waals surface area contributed by atoms with Crippen LogP contribution in [0.25, 0.3) is 0 Å². The summed E-state index contributed by atoms with van der Waals surface area (Å²) in [5.41, 5.74) is 1.66. The van der Waals surface area contributed by atoms with Crippen LogP contribution in [0.15, 0.2) is 34.8 Å². The number of benzene rings is 1. The van der Waals surface area contributed by atoms with Gasteiger partial charge in [0.15, 0.2) is 0 Å². The van der Waals surface area contributed by atoms with Gasteiger partial charge in [0.2, 0.25) is 5.91 Å². The molecule has 1 amide bonds. The molecule has 2 N–H and O–H groups in total. The first kappa shape index (κ1) is 14.8. The highest BCUT2D eigenvalue weighted by atomic mass is 79.9. The summed E-state index contributed by atoms with van der Waals surface area (Å²) in [5.74, 6) is -2.30. The lowest BCUT2D eigenvalue weighted by Crippen LogP contribution is -2.34. The van der Waals surface area contributed by atoms with Crippen LogP contribution in [0.3, 0.4) is 0 Å². The molecular weight excluding hydrogens is 322 g/mol. The largest absolute Gasteiger partial charge is 0.481 e. The molecule has 1 aromatic carbocycles. The number of halogens is 1. The van der Waals surface area contributed by atoms with Crippen LogP contribution in [0.5, 0.6) is 0 Å². The molecule has 0 heterocycles. The van der Waals surface area contributed by atoms with E-state index in [-0.39, 0.29) is 5.91 Å². The van der Waals surface area contributed by atoms with Crippen molar-refractivity contribution in [1.82, 2.24) is 0 Å². The molecule has 5 heteroatoms. The van der Waals surface area contributed by atoms with E-state index in [0.717, 1.165) is 15.7 Å². The van der Waals surface area contributed by atoms with E-state index >= 15 is 0 Å². The number of anilines is 1. The topological polar surface area (TPSA) is 66.4 Å². The van der Waals surface area contributed by atoms with Gasteiger partial charge in [-0.25, -0.2) is 0 Å². The molecular formula is C15H16BrNO3. The molecule has 0 spiro atoms. The summed E-state index contributed by atoms with van der Waals surface area (Å²) in [6.45, 7) is 1.90. The number of hydrogen-bond acceptors (Lipinski definition) is 2. The molecule has 0 aromatic heterocycles. The Hall–Kier alpha value is -1.62. The van der Waals surface area contributed by atoms with E-state index in [1.165, 1.54) is 0 Å². The summed E-state index contributed by atoms with van der Waals surface area (Å²) in [6.07, 6.45) is 4.58. The zero-order valence-electron chi connectivity index (χ0n) is 11.1. The van der Waals surface area contributed by atoms with Crippen LogP contribution < -0.4 is 5.32 Å². The van der Waals surface area contributed by atoms with Crippen LogP contribution in [-0.2, 0) is 9.59 Å². The predicted octanol–water partition coefficient (Wildman–Crippen LogP) is 3.36. The number of amides is 1. The fourth-order valence-electron chi connectivity index (χ4n) is 2.37. The molecule has 106 valence electrons. The summed E-state index contributed by atoms with van der Waals surface area (Å²) in [6, 6.07) is 5.56. The summed E-state index contributed by atoms with van der Waals surface area (Å²) < 4.78 is 0.942. The Morgan fingerprint density at radius 1 is 1.25 bits per heavy atom. The number of carbonyl (C=O) groups excluding carboxylic acids is 1. The van der Waals surface area contributed by atoms with Crippen molar-refractivity contribution in [3.05, 3.63) is 40.4 Å². The second-order valence-electron chi connectivity index (χ2n) is 4.94. The van der Waals surface area contributed by atoms with Gasteiger partial charge in [-0.2, -0.15) is 0 Å². The Bertz CT molecular complexity index is 568. The van der Waals surface area contributed by atoms with Gasteiger partial charge in [0, 0.05) is 10.2 Å². The van der Waals surface area contributed by atoms with E-state index in [4.69, 9.17) is 0 Å². The Morgan fingerprint density at radius 2 is 1.90 bits per heavy atom. The fraction of sp³-hybridized carbons (Fsp3) is 0.333. The molecule has 0 fully saturated rings. The monoisotopic (exact) mass is 337 g/mol. The highest BCUT2D eigenvalue weighted by Gasteiger charge is 2.34. The molecule has 1 aromatic rings. The van der Waals surface area contributed by atoms with Crippen molar-refractivity contribution in [2.75, 3.05) is 5.32 Å². The first-order valence-corrected chi connectivity index (χ1v) is 7.23. The van der Waals surface area contributed by atoms with Crippen molar-refractivity contribution in [2.45, 2.75) is 19.8 Å². The number of carbonyl (C=O) groups is 2. The number of rotatable bonds is 3. The molecule has 0 saturated carbocycles. The minimum Gasteiger partial charge on any atom is -0.481 e. The molecule has 0 bridgehead atoms. The van der Waals surface area contributed by atoms with Crippen molar-refractivity contribution in [2.24, 2.45) is 11.8 Å². The normalized spacial score (nSPS) is 21.5. The third-order valence-electron chi connectivity index (χ3n) is 3.53. The zero-order valence-corrected chi connectivity index (χ0v) is 12.7. The number of hydrogen-bond donors (Lipinski definition) is 2.